The van der Waals surface area contributed by atoms with Crippen LogP contribution in [-0.2, 0) is 17.0 Å². The van der Waals surface area contributed by atoms with E-state index in [1.807, 2.05) is 0 Å². The number of morpholine rings is 1. The summed E-state index contributed by atoms with van der Waals surface area (Å²) in [5.41, 5.74) is 1.50. The first-order valence-corrected chi connectivity index (χ1v) is 11.0. The van der Waals surface area contributed by atoms with E-state index >= 15 is 0 Å². The molecule has 3 heterocycles. The summed E-state index contributed by atoms with van der Waals surface area (Å²) in [6.07, 6.45) is 0. The maximum atomic E-state index is 14.1. The fourth-order valence-electron chi connectivity index (χ4n) is 3.20. The van der Waals surface area contributed by atoms with E-state index in [4.69, 9.17) is 14.7 Å². The lowest BCUT2D eigenvalue weighted by molar-refractivity contribution is 0.0330. The van der Waals surface area contributed by atoms with Crippen LogP contribution < -0.4 is 0 Å². The third-order valence-electron chi connectivity index (χ3n) is 4.91. The van der Waals surface area contributed by atoms with Gasteiger partial charge in [-0.2, -0.15) is 0 Å². The van der Waals surface area contributed by atoms with Crippen molar-refractivity contribution in [2.75, 3.05) is 26.3 Å². The van der Waals surface area contributed by atoms with Crippen molar-refractivity contribution in [3.05, 3.63) is 51.7 Å². The molecule has 4 rings (SSSR count). The molecular weight excluding hydrogens is 400 g/mol. The molecule has 0 saturated carbocycles. The number of aromatic nitrogens is 2. The Kier molecular flexibility index (Phi) is 5.91. The number of hydrogen-bond donors (Lipinski definition) is 0. The van der Waals surface area contributed by atoms with Gasteiger partial charge in [0.1, 0.15) is 15.7 Å². The molecule has 1 aliphatic rings. The van der Waals surface area contributed by atoms with Gasteiger partial charge in [0.2, 0.25) is 0 Å². The molecule has 0 amide bonds. The Hall–Kier alpha value is -1.61. The Morgan fingerprint density at radius 2 is 1.96 bits per heavy atom. The molecule has 1 saturated heterocycles. The minimum absolute atomic E-state index is 0.320. The maximum absolute atomic E-state index is 14.1. The molecule has 1 fully saturated rings. The Labute approximate surface area is 170 Å². The predicted molar refractivity (Wildman–Crippen MR) is 109 cm³/mol. The first kappa shape index (κ1) is 19.7. The topological polar surface area (TPSA) is 38.2 Å². The molecule has 0 bridgehead atoms. The van der Waals surface area contributed by atoms with E-state index in [1.165, 1.54) is 22.7 Å². The molecule has 0 atom stereocenters. The zero-order chi connectivity index (χ0) is 19.7. The van der Waals surface area contributed by atoms with Crippen LogP contribution in [-0.4, -0.2) is 41.2 Å². The lowest BCUT2D eigenvalue weighted by Gasteiger charge is -2.25. The van der Waals surface area contributed by atoms with Gasteiger partial charge in [0, 0.05) is 34.7 Å². The second-order valence-corrected chi connectivity index (χ2v) is 8.97. The van der Waals surface area contributed by atoms with Crippen molar-refractivity contribution in [1.82, 2.24) is 14.9 Å². The number of aryl methyl sites for hydroxylation is 2. The number of thiophene rings is 1. The van der Waals surface area contributed by atoms with Crippen LogP contribution in [0, 0.1) is 25.5 Å². The molecule has 1 aliphatic heterocycles. The average molecular weight is 422 g/mol. The highest BCUT2D eigenvalue weighted by Crippen LogP contribution is 2.36. The van der Waals surface area contributed by atoms with E-state index in [1.54, 1.807) is 17.4 Å². The lowest BCUT2D eigenvalue weighted by atomic mass is 10.2. The standard InChI is InChI=1S/C20H21F2N3OS2/c1-12-13(2)28-20-17(12)19(27-11-14-4-3-5-15(21)18(14)22)23-16(24-20)10-25-6-8-26-9-7-25/h3-5H,6-11H2,1-2H3. The number of benzene rings is 1. The SMILES string of the molecule is Cc1sc2nc(CN3CCOCC3)nc(SCc3cccc(F)c3F)c2c1C. The minimum Gasteiger partial charge on any atom is -0.379 e. The summed E-state index contributed by atoms with van der Waals surface area (Å²) < 4.78 is 33.0. The molecule has 3 aromatic rings. The van der Waals surface area contributed by atoms with Crippen LogP contribution in [0.3, 0.4) is 0 Å². The minimum atomic E-state index is -0.818. The monoisotopic (exact) mass is 421 g/mol. The summed E-state index contributed by atoms with van der Waals surface area (Å²) in [4.78, 5) is 14.0. The number of thioether (sulfide) groups is 1. The Bertz CT molecular complexity index is 1000. The molecule has 148 valence electrons. The van der Waals surface area contributed by atoms with Crippen LogP contribution in [0.1, 0.15) is 21.8 Å². The molecule has 0 aliphatic carbocycles. The van der Waals surface area contributed by atoms with E-state index in [0.717, 1.165) is 59.0 Å². The third-order valence-corrected chi connectivity index (χ3v) is 7.03. The number of halogens is 2. The van der Waals surface area contributed by atoms with Gasteiger partial charge in [-0.1, -0.05) is 12.1 Å². The second-order valence-electron chi connectivity index (χ2n) is 6.80. The normalized spacial score (nSPS) is 15.4. The van der Waals surface area contributed by atoms with Crippen LogP contribution in [0.15, 0.2) is 23.2 Å². The molecule has 1 aromatic carbocycles. The highest BCUT2D eigenvalue weighted by Gasteiger charge is 2.18. The summed E-state index contributed by atoms with van der Waals surface area (Å²) in [6.45, 7) is 7.97. The third kappa shape index (κ3) is 4.05. The van der Waals surface area contributed by atoms with Crippen molar-refractivity contribution in [3.63, 3.8) is 0 Å². The number of rotatable bonds is 5. The van der Waals surface area contributed by atoms with Crippen LogP contribution in [0.5, 0.6) is 0 Å². The Morgan fingerprint density at radius 1 is 1.18 bits per heavy atom. The quantitative estimate of drug-likeness (QED) is 0.441. The van der Waals surface area contributed by atoms with Gasteiger partial charge in [-0.05, 0) is 25.5 Å². The number of fused-ring (bicyclic) bond motifs is 1. The molecule has 4 nitrogen and oxygen atoms in total. The molecule has 0 N–H and O–H groups in total. The van der Waals surface area contributed by atoms with Gasteiger partial charge >= 0.3 is 0 Å². The van der Waals surface area contributed by atoms with Crippen LogP contribution in [0.4, 0.5) is 8.78 Å². The first-order valence-electron chi connectivity index (χ1n) is 9.15. The number of hydrogen-bond acceptors (Lipinski definition) is 6. The highest BCUT2D eigenvalue weighted by molar-refractivity contribution is 7.98. The van der Waals surface area contributed by atoms with Crippen LogP contribution >= 0.6 is 23.1 Å². The van der Waals surface area contributed by atoms with E-state index in [2.05, 4.69) is 18.7 Å². The van der Waals surface area contributed by atoms with Crippen LogP contribution in [0.2, 0.25) is 0 Å². The molecule has 0 unspecified atom stereocenters. The zero-order valence-electron chi connectivity index (χ0n) is 15.8. The van der Waals surface area contributed by atoms with Crippen molar-refractivity contribution in [1.29, 1.82) is 0 Å². The van der Waals surface area contributed by atoms with Crippen LogP contribution in [0.25, 0.3) is 10.2 Å². The highest BCUT2D eigenvalue weighted by atomic mass is 32.2. The molecular formula is C20H21F2N3OS2. The molecule has 8 heteroatoms. The van der Waals surface area contributed by atoms with E-state index < -0.39 is 11.6 Å². The lowest BCUT2D eigenvalue weighted by Crippen LogP contribution is -2.36. The Morgan fingerprint density at radius 3 is 2.75 bits per heavy atom. The summed E-state index contributed by atoms with van der Waals surface area (Å²) in [5.74, 6) is -0.521. The van der Waals surface area contributed by atoms with E-state index in [-0.39, 0.29) is 0 Å². The largest absolute Gasteiger partial charge is 0.379 e. The first-order chi connectivity index (χ1) is 13.5. The molecule has 2 aromatic heterocycles. The summed E-state index contributed by atoms with van der Waals surface area (Å²) >= 11 is 3.09. The Balaban J connectivity index is 1.65. The number of ether oxygens (including phenoxy) is 1. The summed E-state index contributed by atoms with van der Waals surface area (Å²) in [7, 11) is 0. The molecule has 0 spiro atoms. The smallest absolute Gasteiger partial charge is 0.162 e. The van der Waals surface area contributed by atoms with Gasteiger partial charge in [-0.3, -0.25) is 4.90 Å². The van der Waals surface area contributed by atoms with Crippen molar-refractivity contribution >= 4 is 33.3 Å². The van der Waals surface area contributed by atoms with Gasteiger partial charge < -0.3 is 4.74 Å². The second kappa shape index (κ2) is 8.41. The maximum Gasteiger partial charge on any atom is 0.162 e. The van der Waals surface area contributed by atoms with Crippen molar-refractivity contribution in [2.45, 2.75) is 31.2 Å². The van der Waals surface area contributed by atoms with E-state index in [0.29, 0.717) is 17.9 Å². The number of nitrogens with zero attached hydrogens (tertiary/aromatic N) is 3. The van der Waals surface area contributed by atoms with Crippen molar-refractivity contribution in [2.24, 2.45) is 0 Å². The summed E-state index contributed by atoms with van der Waals surface area (Å²) in [6, 6.07) is 4.29. The predicted octanol–water partition coefficient (Wildman–Crippen LogP) is 4.71. The van der Waals surface area contributed by atoms with Gasteiger partial charge in [0.15, 0.2) is 11.6 Å². The molecule has 28 heavy (non-hydrogen) atoms. The zero-order valence-corrected chi connectivity index (χ0v) is 17.4. The van der Waals surface area contributed by atoms with Gasteiger partial charge in [-0.15, -0.1) is 23.1 Å². The fourth-order valence-corrected chi connectivity index (χ4v) is 5.39. The summed E-state index contributed by atoms with van der Waals surface area (Å²) in [5, 5.41) is 1.86. The fraction of sp³-hybridized carbons (Fsp3) is 0.400. The van der Waals surface area contributed by atoms with Crippen molar-refractivity contribution < 1.29 is 13.5 Å². The van der Waals surface area contributed by atoms with Crippen molar-refractivity contribution in [3.8, 4) is 0 Å². The van der Waals surface area contributed by atoms with Gasteiger partial charge in [-0.25, -0.2) is 18.7 Å². The molecule has 0 radical (unpaired) electrons. The average Bonchev–Trinajstić information content (AvgIpc) is 2.97. The van der Waals surface area contributed by atoms with Gasteiger partial charge in [0.25, 0.3) is 0 Å². The van der Waals surface area contributed by atoms with Gasteiger partial charge in [0.05, 0.1) is 19.8 Å². The van der Waals surface area contributed by atoms with E-state index in [9.17, 15) is 8.78 Å².